The minimum Gasteiger partial charge on any atom is -0.455 e. The second kappa shape index (κ2) is 10.2. The lowest BCUT2D eigenvalue weighted by atomic mass is 10.1. The molecule has 1 N–H and O–H groups in total. The number of carbonyl (C=O) groups excluding carboxylic acids is 1. The molecule has 1 aromatic heterocycles. The molecule has 0 aliphatic rings. The Morgan fingerprint density at radius 1 is 0.966 bits per heavy atom. The summed E-state index contributed by atoms with van der Waals surface area (Å²) >= 11 is 0. The van der Waals surface area contributed by atoms with Gasteiger partial charge >= 0.3 is 0 Å². The summed E-state index contributed by atoms with van der Waals surface area (Å²) < 4.78 is 18.0. The number of carbonyl (C=O) groups is 1. The first kappa shape index (κ1) is 21.1. The Balaban J connectivity index is 1.47. The average molecular weight is 410 g/mol. The first-order chi connectivity index (χ1) is 14.0. The van der Waals surface area contributed by atoms with E-state index in [0.29, 0.717) is 17.3 Å². The molecule has 0 saturated heterocycles. The third kappa shape index (κ3) is 6.71. The van der Waals surface area contributed by atoms with Crippen LogP contribution >= 0.6 is 0 Å². The molecule has 5 heteroatoms. The van der Waals surface area contributed by atoms with Gasteiger partial charge in [-0.2, -0.15) is 0 Å². The van der Waals surface area contributed by atoms with Gasteiger partial charge < -0.3 is 9.73 Å². The number of hydrogen-bond acceptors (Lipinski definition) is 3. The van der Waals surface area contributed by atoms with Gasteiger partial charge in [-0.15, -0.1) is 0 Å². The monoisotopic (exact) mass is 409 g/mol. The van der Waals surface area contributed by atoms with Crippen LogP contribution in [0.15, 0.2) is 71.1 Å². The van der Waals surface area contributed by atoms with Crippen molar-refractivity contribution in [2.24, 2.45) is 0 Å². The fourth-order valence-electron chi connectivity index (χ4n) is 3.05. The highest BCUT2D eigenvalue weighted by atomic mass is 32.2. The molecular weight excluding hydrogens is 382 g/mol. The van der Waals surface area contributed by atoms with Crippen LogP contribution < -0.4 is 5.32 Å². The number of nitrogens with one attached hydrogen (secondary N) is 1. The summed E-state index contributed by atoms with van der Waals surface area (Å²) in [5.41, 5.74) is 3.47. The number of aryl methyl sites for hydroxylation is 2. The van der Waals surface area contributed by atoms with Gasteiger partial charge in [-0.1, -0.05) is 60.2 Å². The molecule has 0 aliphatic heterocycles. The third-order valence-corrected chi connectivity index (χ3v) is 5.99. The van der Waals surface area contributed by atoms with Crippen LogP contribution in [0.25, 0.3) is 0 Å². The maximum atomic E-state index is 12.4. The first-order valence-corrected chi connectivity index (χ1v) is 11.3. The highest BCUT2D eigenvalue weighted by Gasteiger charge is 2.15. The van der Waals surface area contributed by atoms with E-state index in [1.54, 1.807) is 12.1 Å². The topological polar surface area (TPSA) is 59.3 Å². The number of amides is 1. The van der Waals surface area contributed by atoms with E-state index in [0.717, 1.165) is 18.4 Å². The van der Waals surface area contributed by atoms with Crippen LogP contribution in [-0.4, -0.2) is 16.2 Å². The average Bonchev–Trinajstić information content (AvgIpc) is 3.17. The van der Waals surface area contributed by atoms with E-state index in [-0.39, 0.29) is 17.7 Å². The molecule has 0 radical (unpaired) electrons. The van der Waals surface area contributed by atoms with E-state index >= 15 is 0 Å². The number of rotatable bonds is 9. The molecule has 1 amide bonds. The van der Waals surface area contributed by atoms with E-state index in [2.05, 4.69) is 17.4 Å². The van der Waals surface area contributed by atoms with Gasteiger partial charge in [0, 0.05) is 22.6 Å². The molecule has 4 nitrogen and oxygen atoms in total. The first-order valence-electron chi connectivity index (χ1n) is 9.83. The lowest BCUT2D eigenvalue weighted by molar-refractivity contribution is 0.0909. The largest absolute Gasteiger partial charge is 0.455 e. The Morgan fingerprint density at radius 2 is 1.69 bits per heavy atom. The third-order valence-electron chi connectivity index (χ3n) is 4.72. The second-order valence-corrected chi connectivity index (χ2v) is 8.84. The van der Waals surface area contributed by atoms with Gasteiger partial charge in [0.2, 0.25) is 0 Å². The molecule has 0 saturated carbocycles. The highest BCUT2D eigenvalue weighted by molar-refractivity contribution is 7.83. The van der Waals surface area contributed by atoms with E-state index in [4.69, 9.17) is 4.42 Å². The highest BCUT2D eigenvalue weighted by Crippen LogP contribution is 2.14. The molecule has 2 aromatic carbocycles. The summed E-state index contributed by atoms with van der Waals surface area (Å²) in [7, 11) is -1.09. The fraction of sp³-hybridized carbons (Fsp3) is 0.292. The molecule has 0 aliphatic carbocycles. The van der Waals surface area contributed by atoms with Gasteiger partial charge in [0.15, 0.2) is 5.76 Å². The predicted octanol–water partition coefficient (Wildman–Crippen LogP) is 4.79. The van der Waals surface area contributed by atoms with Crippen molar-refractivity contribution in [2.45, 2.75) is 44.2 Å². The number of hydrogen-bond donors (Lipinski definition) is 1. The van der Waals surface area contributed by atoms with Gasteiger partial charge in [-0.05, 0) is 49.9 Å². The Bertz CT molecular complexity index is 948. The van der Waals surface area contributed by atoms with E-state index < -0.39 is 10.8 Å². The fourth-order valence-corrected chi connectivity index (χ4v) is 4.19. The maximum Gasteiger partial charge on any atom is 0.287 e. The van der Waals surface area contributed by atoms with Gasteiger partial charge in [0.05, 0.1) is 5.75 Å². The molecule has 0 spiro atoms. The molecule has 1 heterocycles. The van der Waals surface area contributed by atoms with Crippen LogP contribution in [0, 0.1) is 6.92 Å². The quantitative estimate of drug-likeness (QED) is 0.553. The van der Waals surface area contributed by atoms with Crippen molar-refractivity contribution >= 4 is 16.7 Å². The van der Waals surface area contributed by atoms with Gasteiger partial charge in [-0.25, -0.2) is 0 Å². The van der Waals surface area contributed by atoms with Crippen molar-refractivity contribution in [3.8, 4) is 0 Å². The Morgan fingerprint density at radius 3 is 2.41 bits per heavy atom. The van der Waals surface area contributed by atoms with Crippen LogP contribution in [0.3, 0.4) is 0 Å². The number of benzene rings is 2. The summed E-state index contributed by atoms with van der Waals surface area (Å²) in [5, 5.41) is 2.97. The van der Waals surface area contributed by atoms with Crippen LogP contribution in [0.1, 0.15) is 46.3 Å². The molecule has 2 unspecified atom stereocenters. The van der Waals surface area contributed by atoms with Gasteiger partial charge in [0.1, 0.15) is 5.76 Å². The Hall–Kier alpha value is -2.66. The van der Waals surface area contributed by atoms with Crippen molar-refractivity contribution in [3.05, 3.63) is 94.9 Å². The van der Waals surface area contributed by atoms with Crippen molar-refractivity contribution in [3.63, 3.8) is 0 Å². The minimum absolute atomic E-state index is 0.0342. The molecular formula is C24H27NO3S. The zero-order valence-electron chi connectivity index (χ0n) is 16.9. The number of furan rings is 1. The van der Waals surface area contributed by atoms with Crippen molar-refractivity contribution in [1.29, 1.82) is 0 Å². The van der Waals surface area contributed by atoms with E-state index in [1.807, 2.05) is 56.3 Å². The van der Waals surface area contributed by atoms with Crippen LogP contribution in [0.5, 0.6) is 0 Å². The maximum absolute atomic E-state index is 12.4. The molecule has 152 valence electrons. The van der Waals surface area contributed by atoms with E-state index in [1.165, 1.54) is 11.1 Å². The molecule has 29 heavy (non-hydrogen) atoms. The van der Waals surface area contributed by atoms with Crippen LogP contribution in [0.2, 0.25) is 0 Å². The van der Waals surface area contributed by atoms with Crippen molar-refractivity contribution in [1.82, 2.24) is 5.32 Å². The van der Waals surface area contributed by atoms with Crippen molar-refractivity contribution in [2.75, 3.05) is 0 Å². The van der Waals surface area contributed by atoms with Gasteiger partial charge in [-0.3, -0.25) is 9.00 Å². The molecule has 3 aromatic rings. The van der Waals surface area contributed by atoms with Crippen LogP contribution in [0.4, 0.5) is 0 Å². The lowest BCUT2D eigenvalue weighted by Gasteiger charge is -2.12. The molecule has 0 bridgehead atoms. The smallest absolute Gasteiger partial charge is 0.287 e. The Kier molecular flexibility index (Phi) is 7.42. The van der Waals surface area contributed by atoms with Gasteiger partial charge in [0.25, 0.3) is 5.91 Å². The lowest BCUT2D eigenvalue weighted by Crippen LogP contribution is -2.32. The van der Waals surface area contributed by atoms with Crippen LogP contribution in [-0.2, 0) is 28.7 Å². The normalized spacial score (nSPS) is 13.0. The zero-order valence-corrected chi connectivity index (χ0v) is 17.7. The Labute approximate surface area is 174 Å². The van der Waals surface area contributed by atoms with Crippen molar-refractivity contribution < 1.29 is 13.4 Å². The summed E-state index contributed by atoms with van der Waals surface area (Å²) in [6.45, 7) is 4.01. The molecule has 2 atom stereocenters. The predicted molar refractivity (Wildman–Crippen MR) is 117 cm³/mol. The molecule has 0 fully saturated rings. The summed E-state index contributed by atoms with van der Waals surface area (Å²) in [5.74, 6) is 1.36. The standard InChI is InChI=1S/C24H27NO3S/c1-18-8-11-21(12-9-18)16-29(27)17-22-14-15-23(28-22)24(26)25-19(2)10-13-20-6-4-3-5-7-20/h3-9,11-12,14-15,19H,10,13,16-17H2,1-2H3,(H,25,26). The zero-order chi connectivity index (χ0) is 20.6. The molecule has 3 rings (SSSR count). The summed E-state index contributed by atoms with van der Waals surface area (Å²) in [6, 6.07) is 21.6. The summed E-state index contributed by atoms with van der Waals surface area (Å²) in [4.78, 5) is 12.4. The summed E-state index contributed by atoms with van der Waals surface area (Å²) in [6.07, 6.45) is 1.76. The SMILES string of the molecule is Cc1ccc(CS(=O)Cc2ccc(C(=O)NC(C)CCc3ccccc3)o2)cc1. The second-order valence-electron chi connectivity index (χ2n) is 7.38. The van der Waals surface area contributed by atoms with E-state index in [9.17, 15) is 9.00 Å². The minimum atomic E-state index is -1.09.